The topological polar surface area (TPSA) is 174 Å². The van der Waals surface area contributed by atoms with Crippen LogP contribution in [0.3, 0.4) is 0 Å². The molecule has 0 aromatic heterocycles. The first kappa shape index (κ1) is 26.9. The van der Waals surface area contributed by atoms with Gasteiger partial charge in [-0.3, -0.25) is 15.5 Å². The molecule has 0 unspecified atom stereocenters. The Bertz CT molecular complexity index is 1230. The Morgan fingerprint density at radius 3 is 2.73 bits per heavy atom. The Morgan fingerprint density at radius 1 is 1.27 bits per heavy atom. The van der Waals surface area contributed by atoms with Crippen molar-refractivity contribution in [2.75, 3.05) is 20.3 Å². The summed E-state index contributed by atoms with van der Waals surface area (Å²) in [5.41, 5.74) is 3.76. The summed E-state index contributed by atoms with van der Waals surface area (Å²) in [6.07, 6.45) is -0.0165. The second-order valence-corrected chi connectivity index (χ2v) is 7.73. The number of carbonyl (C=O) groups excluding carboxylic acids is 2. The molecule has 4 N–H and O–H groups in total. The molecule has 13 nitrogen and oxygen atoms in total. The summed E-state index contributed by atoms with van der Waals surface area (Å²) in [6.45, 7) is 3.45. The van der Waals surface area contributed by atoms with Gasteiger partial charge in [0, 0.05) is 11.8 Å². The first-order chi connectivity index (χ1) is 17.7. The molecule has 0 aliphatic carbocycles. The lowest BCUT2D eigenvalue weighted by Gasteiger charge is -2.28. The molecule has 13 heteroatoms. The van der Waals surface area contributed by atoms with Crippen LogP contribution in [0, 0.1) is 10.1 Å². The van der Waals surface area contributed by atoms with Crippen LogP contribution in [0.5, 0.6) is 11.5 Å². The molecule has 1 aliphatic heterocycles. The Kier molecular flexibility index (Phi) is 9.00. The van der Waals surface area contributed by atoms with E-state index in [2.05, 4.69) is 21.2 Å². The molecule has 0 radical (unpaired) electrons. The summed E-state index contributed by atoms with van der Waals surface area (Å²) in [4.78, 5) is 35.0. The van der Waals surface area contributed by atoms with Gasteiger partial charge in [0.05, 0.1) is 42.0 Å². The maximum Gasteiger partial charge on any atom is 0.337 e. The van der Waals surface area contributed by atoms with Gasteiger partial charge in [0.1, 0.15) is 6.61 Å². The zero-order valence-corrected chi connectivity index (χ0v) is 20.4. The van der Waals surface area contributed by atoms with E-state index < -0.39 is 29.2 Å². The van der Waals surface area contributed by atoms with Crippen LogP contribution in [-0.4, -0.2) is 54.8 Å². The number of urea groups is 1. The second-order valence-electron chi connectivity index (χ2n) is 7.73. The minimum absolute atomic E-state index is 0.120. The number of nitrogens with zero attached hydrogens (tertiary/aromatic N) is 2. The maximum atomic E-state index is 12.3. The number of hydrogen-bond acceptors (Lipinski definition) is 10. The highest BCUT2D eigenvalue weighted by molar-refractivity contribution is 5.95. The fourth-order valence-corrected chi connectivity index (χ4v) is 3.58. The van der Waals surface area contributed by atoms with Crippen LogP contribution in [0.25, 0.3) is 0 Å². The zero-order chi connectivity index (χ0) is 26.9. The van der Waals surface area contributed by atoms with E-state index in [0.29, 0.717) is 29.4 Å². The number of ether oxygens (including phenoxy) is 3. The van der Waals surface area contributed by atoms with Gasteiger partial charge in [-0.15, -0.1) is 0 Å². The van der Waals surface area contributed by atoms with Crippen molar-refractivity contribution in [1.82, 2.24) is 16.1 Å². The fraction of sp³-hybridized carbons (Fsp3) is 0.292. The molecule has 196 valence electrons. The smallest absolute Gasteiger partial charge is 0.337 e. The molecule has 2 aromatic rings. The van der Waals surface area contributed by atoms with E-state index in [1.165, 1.54) is 25.5 Å². The highest BCUT2D eigenvalue weighted by Gasteiger charge is 2.32. The number of esters is 1. The number of aliphatic hydroxyl groups excluding tert-OH is 1. The van der Waals surface area contributed by atoms with Crippen molar-refractivity contribution in [3.8, 4) is 11.5 Å². The van der Waals surface area contributed by atoms with Gasteiger partial charge < -0.3 is 30.0 Å². The normalized spacial score (nSPS) is 16.0. The largest absolute Gasteiger partial charge is 0.490 e. The van der Waals surface area contributed by atoms with Gasteiger partial charge in [-0.05, 0) is 37.6 Å². The van der Waals surface area contributed by atoms with Crippen molar-refractivity contribution >= 4 is 23.9 Å². The van der Waals surface area contributed by atoms with Crippen LogP contribution in [0.4, 0.5) is 10.5 Å². The average Bonchev–Trinajstić information content (AvgIpc) is 2.87. The molecule has 0 spiro atoms. The highest BCUT2D eigenvalue weighted by Crippen LogP contribution is 2.34. The summed E-state index contributed by atoms with van der Waals surface area (Å²) in [5, 5.41) is 30.4. The Labute approximate surface area is 212 Å². The van der Waals surface area contributed by atoms with Crippen molar-refractivity contribution in [1.29, 1.82) is 0 Å². The number of hydrazone groups is 1. The summed E-state index contributed by atoms with van der Waals surface area (Å²) in [5.74, 6) is 0.0313. The first-order valence-corrected chi connectivity index (χ1v) is 11.2. The number of nitrogens with one attached hydrogen (secondary N) is 3. The highest BCUT2D eigenvalue weighted by atomic mass is 16.6. The molecule has 0 bridgehead atoms. The predicted molar refractivity (Wildman–Crippen MR) is 132 cm³/mol. The maximum absolute atomic E-state index is 12.3. The lowest BCUT2D eigenvalue weighted by atomic mass is 9.95. The standard InChI is InChI=1S/C24H27N5O8/c1-4-36-19-11-15(22-21(23(31)35-3)14(2)26-24(32)27-22)9-10-18(19)37-13-20(30)28-25-12-16-7-5-6-8-17(16)29(33)34/h5-12,20,22,28,30H,4,13H2,1-3H3,(H2,26,27,32)/b25-12-/t20-,22-/m0/s1. The predicted octanol–water partition coefficient (Wildman–Crippen LogP) is 2.12. The first-order valence-electron chi connectivity index (χ1n) is 11.2. The van der Waals surface area contributed by atoms with Gasteiger partial charge in [0.25, 0.3) is 5.69 Å². The van der Waals surface area contributed by atoms with Gasteiger partial charge in [-0.25, -0.2) is 9.59 Å². The van der Waals surface area contributed by atoms with E-state index in [1.807, 2.05) is 0 Å². The molecule has 0 saturated heterocycles. The van der Waals surface area contributed by atoms with Crippen LogP contribution in [0.2, 0.25) is 0 Å². The quantitative estimate of drug-likeness (QED) is 0.115. The van der Waals surface area contributed by atoms with Gasteiger partial charge in [0.2, 0.25) is 0 Å². The molecule has 2 atom stereocenters. The summed E-state index contributed by atoms with van der Waals surface area (Å²) < 4.78 is 16.2. The lowest BCUT2D eigenvalue weighted by Crippen LogP contribution is -2.45. The van der Waals surface area contributed by atoms with Crippen molar-refractivity contribution in [3.63, 3.8) is 0 Å². The van der Waals surface area contributed by atoms with E-state index in [4.69, 9.17) is 14.2 Å². The van der Waals surface area contributed by atoms with Crippen molar-refractivity contribution in [2.45, 2.75) is 26.1 Å². The molecule has 2 amide bonds. The van der Waals surface area contributed by atoms with Gasteiger partial charge in [0.15, 0.2) is 17.7 Å². The number of rotatable bonds is 11. The number of amides is 2. The van der Waals surface area contributed by atoms with Gasteiger partial charge in [-0.1, -0.05) is 18.2 Å². The molecular formula is C24H27N5O8. The number of carbonyl (C=O) groups is 2. The van der Waals surface area contributed by atoms with E-state index in [-0.39, 0.29) is 23.4 Å². The summed E-state index contributed by atoms with van der Waals surface area (Å²) in [6, 6.07) is 9.65. The molecule has 37 heavy (non-hydrogen) atoms. The summed E-state index contributed by atoms with van der Waals surface area (Å²) in [7, 11) is 1.25. The molecule has 1 aliphatic rings. The molecule has 2 aromatic carbocycles. The van der Waals surface area contributed by atoms with E-state index >= 15 is 0 Å². The Hall–Kier alpha value is -4.65. The minimum atomic E-state index is -1.24. The third-order valence-corrected chi connectivity index (χ3v) is 5.23. The van der Waals surface area contributed by atoms with Crippen LogP contribution >= 0.6 is 0 Å². The summed E-state index contributed by atoms with van der Waals surface area (Å²) >= 11 is 0. The lowest BCUT2D eigenvalue weighted by molar-refractivity contribution is -0.385. The second kappa shape index (κ2) is 12.4. The van der Waals surface area contributed by atoms with Crippen LogP contribution < -0.4 is 25.5 Å². The number of nitro benzene ring substituents is 1. The number of benzene rings is 2. The average molecular weight is 514 g/mol. The Morgan fingerprint density at radius 2 is 2.03 bits per heavy atom. The molecule has 0 fully saturated rings. The number of nitro groups is 1. The van der Waals surface area contributed by atoms with Crippen molar-refractivity contribution < 1.29 is 33.8 Å². The molecule has 1 heterocycles. The number of allylic oxidation sites excluding steroid dienone is 1. The number of aliphatic hydroxyl groups is 1. The number of methoxy groups -OCH3 is 1. The number of hydrogen-bond donors (Lipinski definition) is 4. The Balaban J connectivity index is 1.72. The zero-order valence-electron chi connectivity index (χ0n) is 20.4. The third kappa shape index (κ3) is 6.73. The molecule has 0 saturated carbocycles. The SMILES string of the molecule is CCOc1cc([C@@H]2NC(=O)NC(C)=C2C(=O)OC)ccc1OC[C@H](O)N/N=C\c1ccccc1[N+](=O)[O-]. The number of para-hydroxylation sites is 1. The fourth-order valence-electron chi connectivity index (χ4n) is 3.58. The third-order valence-electron chi connectivity index (χ3n) is 5.23. The van der Waals surface area contributed by atoms with Gasteiger partial charge >= 0.3 is 12.0 Å². The molecule has 3 rings (SSSR count). The van der Waals surface area contributed by atoms with E-state index in [9.17, 15) is 24.8 Å². The van der Waals surface area contributed by atoms with E-state index in [1.54, 1.807) is 44.2 Å². The van der Waals surface area contributed by atoms with E-state index in [0.717, 1.165) is 0 Å². The minimum Gasteiger partial charge on any atom is -0.490 e. The molecular weight excluding hydrogens is 486 g/mol. The monoisotopic (exact) mass is 513 g/mol. The van der Waals surface area contributed by atoms with Crippen LogP contribution in [0.15, 0.2) is 58.8 Å². The van der Waals surface area contributed by atoms with Crippen LogP contribution in [-0.2, 0) is 9.53 Å². The van der Waals surface area contributed by atoms with Crippen LogP contribution in [0.1, 0.15) is 31.0 Å². The van der Waals surface area contributed by atoms with Crippen molar-refractivity contribution in [2.24, 2.45) is 5.10 Å². The van der Waals surface area contributed by atoms with Gasteiger partial charge in [-0.2, -0.15) is 5.10 Å². The van der Waals surface area contributed by atoms with Crippen molar-refractivity contribution in [3.05, 3.63) is 75.0 Å².